The van der Waals surface area contributed by atoms with Crippen LogP contribution in [0.25, 0.3) is 0 Å². The molecule has 0 saturated heterocycles. The maximum atomic E-state index is 11.3. The van der Waals surface area contributed by atoms with E-state index in [1.807, 2.05) is 19.2 Å². The lowest BCUT2D eigenvalue weighted by Crippen LogP contribution is -2.24. The number of nitrogens with two attached hydrogens (primary N) is 1. The fraction of sp³-hybridized carbons (Fsp3) is 0.417. The molecule has 1 aromatic rings. The van der Waals surface area contributed by atoms with Crippen LogP contribution < -0.4 is 16.4 Å². The van der Waals surface area contributed by atoms with Crippen LogP contribution in [0.3, 0.4) is 0 Å². The van der Waals surface area contributed by atoms with Gasteiger partial charge >= 0.3 is 0 Å². The van der Waals surface area contributed by atoms with Gasteiger partial charge in [0.2, 0.25) is 0 Å². The van der Waals surface area contributed by atoms with Crippen LogP contribution in [-0.2, 0) is 0 Å². The van der Waals surface area contributed by atoms with Crippen molar-refractivity contribution in [3.8, 4) is 0 Å². The Labute approximate surface area is 110 Å². The van der Waals surface area contributed by atoms with Crippen molar-refractivity contribution in [2.75, 3.05) is 25.5 Å². The van der Waals surface area contributed by atoms with E-state index in [2.05, 4.69) is 33.5 Å². The lowest BCUT2D eigenvalue weighted by atomic mass is 10.1. The largest absolute Gasteiger partial charge is 0.384 e. The summed E-state index contributed by atoms with van der Waals surface area (Å²) in [5.74, 6) is 0.0565. The number of rotatable bonds is 6. The van der Waals surface area contributed by atoms with Gasteiger partial charge in [-0.25, -0.2) is 0 Å². The molecule has 17 heavy (non-hydrogen) atoms. The third kappa shape index (κ3) is 4.36. The van der Waals surface area contributed by atoms with Crippen molar-refractivity contribution < 1.29 is 4.79 Å². The van der Waals surface area contributed by atoms with E-state index in [9.17, 15) is 4.79 Å². The maximum Gasteiger partial charge on any atom is 0.250 e. The highest BCUT2D eigenvalue weighted by atomic mass is 79.9. The number of amides is 1. The van der Waals surface area contributed by atoms with Gasteiger partial charge in [-0.1, -0.05) is 22.9 Å². The summed E-state index contributed by atoms with van der Waals surface area (Å²) in [5, 5.41) is 6.36. The summed E-state index contributed by atoms with van der Waals surface area (Å²) >= 11 is 3.38. The van der Waals surface area contributed by atoms with Crippen molar-refractivity contribution in [3.05, 3.63) is 28.2 Å². The molecule has 94 valence electrons. The third-order valence-corrected chi connectivity index (χ3v) is 2.93. The number of benzene rings is 1. The van der Waals surface area contributed by atoms with Crippen molar-refractivity contribution in [3.63, 3.8) is 0 Å². The standard InChI is InChI=1S/C12H18BrN3O/c1-8(6-15-2)7-16-11-5-9(13)3-4-10(11)12(14)17/h3-5,8,15-16H,6-7H2,1-2H3,(H2,14,17). The molecule has 0 heterocycles. The lowest BCUT2D eigenvalue weighted by Gasteiger charge is -2.15. The molecule has 0 spiro atoms. The van der Waals surface area contributed by atoms with Gasteiger partial charge in [-0.2, -0.15) is 0 Å². The zero-order valence-corrected chi connectivity index (χ0v) is 11.7. The number of primary amides is 1. The molecule has 4 N–H and O–H groups in total. The molecule has 1 aromatic carbocycles. The van der Waals surface area contributed by atoms with E-state index in [1.165, 1.54) is 0 Å². The summed E-state index contributed by atoms with van der Waals surface area (Å²) in [6.07, 6.45) is 0. The Balaban J connectivity index is 2.75. The Hall–Kier alpha value is -1.07. The zero-order valence-electron chi connectivity index (χ0n) is 10.1. The lowest BCUT2D eigenvalue weighted by molar-refractivity contribution is 0.100. The van der Waals surface area contributed by atoms with Crippen molar-refractivity contribution >= 4 is 27.5 Å². The average molecular weight is 300 g/mol. The molecule has 1 unspecified atom stereocenters. The van der Waals surface area contributed by atoms with Gasteiger partial charge in [-0.05, 0) is 37.7 Å². The van der Waals surface area contributed by atoms with Crippen LogP contribution in [0.2, 0.25) is 0 Å². The van der Waals surface area contributed by atoms with Crippen molar-refractivity contribution in [2.24, 2.45) is 11.7 Å². The molecule has 4 nitrogen and oxygen atoms in total. The first kappa shape index (κ1) is 14.0. The highest BCUT2D eigenvalue weighted by molar-refractivity contribution is 9.10. The number of carbonyl (C=O) groups is 1. The minimum absolute atomic E-state index is 0.415. The van der Waals surface area contributed by atoms with E-state index in [1.54, 1.807) is 6.07 Å². The smallest absolute Gasteiger partial charge is 0.250 e. The molecule has 0 fully saturated rings. The second kappa shape index (κ2) is 6.61. The van der Waals surface area contributed by atoms with E-state index < -0.39 is 5.91 Å². The molecule has 1 amide bonds. The number of anilines is 1. The van der Waals surface area contributed by atoms with Gasteiger partial charge in [0.25, 0.3) is 5.91 Å². The average Bonchev–Trinajstić information content (AvgIpc) is 2.26. The number of carbonyl (C=O) groups excluding carboxylic acids is 1. The van der Waals surface area contributed by atoms with E-state index >= 15 is 0 Å². The highest BCUT2D eigenvalue weighted by Gasteiger charge is 2.09. The van der Waals surface area contributed by atoms with Gasteiger partial charge in [0.1, 0.15) is 0 Å². The summed E-state index contributed by atoms with van der Waals surface area (Å²) in [6.45, 7) is 3.84. The Morgan fingerprint density at radius 2 is 2.18 bits per heavy atom. The van der Waals surface area contributed by atoms with E-state index in [0.29, 0.717) is 11.5 Å². The SMILES string of the molecule is CNCC(C)CNc1cc(Br)ccc1C(N)=O. The molecule has 0 aromatic heterocycles. The summed E-state index contributed by atoms with van der Waals surface area (Å²) in [4.78, 5) is 11.3. The monoisotopic (exact) mass is 299 g/mol. The maximum absolute atomic E-state index is 11.3. The summed E-state index contributed by atoms with van der Waals surface area (Å²) in [7, 11) is 1.92. The Morgan fingerprint density at radius 1 is 1.47 bits per heavy atom. The Morgan fingerprint density at radius 3 is 2.76 bits per heavy atom. The molecule has 0 bridgehead atoms. The van der Waals surface area contributed by atoms with Crippen LogP contribution in [0, 0.1) is 5.92 Å². The molecule has 1 atom stereocenters. The zero-order chi connectivity index (χ0) is 12.8. The van der Waals surface area contributed by atoms with Crippen LogP contribution in [0.15, 0.2) is 22.7 Å². The molecule has 0 aliphatic rings. The van der Waals surface area contributed by atoms with Gasteiger partial charge in [0.05, 0.1) is 5.56 Å². The first-order valence-electron chi connectivity index (χ1n) is 5.52. The van der Waals surface area contributed by atoms with E-state index in [-0.39, 0.29) is 0 Å². The van der Waals surface area contributed by atoms with Crippen LogP contribution in [0.4, 0.5) is 5.69 Å². The molecule has 0 saturated carbocycles. The molecule has 1 rings (SSSR count). The Bertz CT molecular complexity index is 395. The van der Waals surface area contributed by atoms with Gasteiger partial charge in [-0.15, -0.1) is 0 Å². The van der Waals surface area contributed by atoms with Gasteiger partial charge in [-0.3, -0.25) is 4.79 Å². The van der Waals surface area contributed by atoms with Crippen molar-refractivity contribution in [1.82, 2.24) is 5.32 Å². The Kier molecular flexibility index (Phi) is 5.44. The number of halogens is 1. The van der Waals surface area contributed by atoms with Gasteiger partial charge in [0, 0.05) is 16.7 Å². The quantitative estimate of drug-likeness (QED) is 0.750. The van der Waals surface area contributed by atoms with Gasteiger partial charge in [0.15, 0.2) is 0 Å². The van der Waals surface area contributed by atoms with E-state index in [4.69, 9.17) is 5.73 Å². The number of nitrogens with one attached hydrogen (secondary N) is 2. The van der Waals surface area contributed by atoms with Gasteiger partial charge < -0.3 is 16.4 Å². The molecule has 0 aliphatic heterocycles. The number of hydrogen-bond donors (Lipinski definition) is 3. The summed E-state index contributed by atoms with van der Waals surface area (Å²) < 4.78 is 0.922. The van der Waals surface area contributed by atoms with Crippen LogP contribution in [0.5, 0.6) is 0 Å². The second-order valence-corrected chi connectivity index (χ2v) is 5.01. The minimum atomic E-state index is -0.415. The molecule has 0 aliphatic carbocycles. The fourth-order valence-electron chi connectivity index (χ4n) is 1.58. The first-order chi connectivity index (χ1) is 8.04. The molecule has 5 heteroatoms. The molecular weight excluding hydrogens is 282 g/mol. The normalized spacial score (nSPS) is 12.2. The predicted molar refractivity (Wildman–Crippen MR) is 74.2 cm³/mol. The summed E-state index contributed by atoms with van der Waals surface area (Å²) in [5.41, 5.74) is 6.61. The second-order valence-electron chi connectivity index (χ2n) is 4.10. The van der Waals surface area contributed by atoms with Crippen LogP contribution in [0.1, 0.15) is 17.3 Å². The number of hydrogen-bond acceptors (Lipinski definition) is 3. The first-order valence-corrected chi connectivity index (χ1v) is 6.31. The molecular formula is C12H18BrN3O. The van der Waals surface area contributed by atoms with Crippen molar-refractivity contribution in [1.29, 1.82) is 0 Å². The minimum Gasteiger partial charge on any atom is -0.384 e. The fourth-order valence-corrected chi connectivity index (χ4v) is 1.94. The molecule has 0 radical (unpaired) electrons. The summed E-state index contributed by atoms with van der Waals surface area (Å²) in [6, 6.07) is 5.39. The van der Waals surface area contributed by atoms with Crippen molar-refractivity contribution in [2.45, 2.75) is 6.92 Å². The van der Waals surface area contributed by atoms with Crippen LogP contribution >= 0.6 is 15.9 Å². The van der Waals surface area contributed by atoms with E-state index in [0.717, 1.165) is 23.2 Å². The predicted octanol–water partition coefficient (Wildman–Crippen LogP) is 1.82. The highest BCUT2D eigenvalue weighted by Crippen LogP contribution is 2.21. The topological polar surface area (TPSA) is 67.2 Å². The van der Waals surface area contributed by atoms with Crippen LogP contribution in [-0.4, -0.2) is 26.0 Å². The third-order valence-electron chi connectivity index (χ3n) is 2.44.